The van der Waals surface area contributed by atoms with Crippen molar-refractivity contribution >= 4 is 15.7 Å². The second-order valence-electron chi connectivity index (χ2n) is 3.88. The molecule has 0 atom stereocenters. The van der Waals surface area contributed by atoms with Crippen LogP contribution in [0.25, 0.3) is 0 Å². The van der Waals surface area contributed by atoms with Crippen LogP contribution in [0.15, 0.2) is 24.3 Å². The fourth-order valence-electron chi connectivity index (χ4n) is 1.39. The van der Waals surface area contributed by atoms with Crippen molar-refractivity contribution in [2.24, 2.45) is 0 Å². The summed E-state index contributed by atoms with van der Waals surface area (Å²) in [5.74, 6) is 5.27. The molecule has 5 heteroatoms. The molecule has 0 amide bonds. The summed E-state index contributed by atoms with van der Waals surface area (Å²) in [4.78, 5) is 0. The smallest absolute Gasteiger partial charge is 0.235 e. The van der Waals surface area contributed by atoms with Crippen molar-refractivity contribution in [1.82, 2.24) is 0 Å². The Bertz CT molecular complexity index is 548. The predicted molar refractivity (Wildman–Crippen MR) is 66.0 cm³/mol. The van der Waals surface area contributed by atoms with Crippen LogP contribution in [0.4, 0.5) is 5.69 Å². The molecule has 1 aliphatic carbocycles. The van der Waals surface area contributed by atoms with Crippen LogP contribution in [0.1, 0.15) is 18.4 Å². The van der Waals surface area contributed by atoms with E-state index in [0.717, 1.165) is 18.4 Å². The standard InChI is InChI=1S/C12H13NO3S/c14-9-1-2-10-3-5-11(6-4-10)13-17(15,16)12-7-8-12/h3-6,12-14H,7-9H2. The van der Waals surface area contributed by atoms with Gasteiger partial charge in [-0.2, -0.15) is 0 Å². The average Bonchev–Trinajstić information content (AvgIpc) is 3.12. The van der Waals surface area contributed by atoms with E-state index in [1.165, 1.54) is 0 Å². The lowest BCUT2D eigenvalue weighted by Crippen LogP contribution is -2.17. The molecule has 0 radical (unpaired) electrons. The van der Waals surface area contributed by atoms with Crippen molar-refractivity contribution < 1.29 is 13.5 Å². The zero-order chi connectivity index (χ0) is 12.3. The maximum Gasteiger partial charge on any atom is 0.235 e. The lowest BCUT2D eigenvalue weighted by Gasteiger charge is -2.06. The van der Waals surface area contributed by atoms with Gasteiger partial charge in [0.25, 0.3) is 0 Å². The van der Waals surface area contributed by atoms with Crippen LogP contribution in [0.5, 0.6) is 0 Å². The van der Waals surface area contributed by atoms with Gasteiger partial charge in [0.1, 0.15) is 6.61 Å². The van der Waals surface area contributed by atoms with Gasteiger partial charge in [0.05, 0.1) is 5.25 Å². The second-order valence-corrected chi connectivity index (χ2v) is 5.84. The van der Waals surface area contributed by atoms with Crippen molar-refractivity contribution in [3.8, 4) is 11.8 Å². The molecule has 0 aromatic heterocycles. The van der Waals surface area contributed by atoms with Crippen molar-refractivity contribution in [1.29, 1.82) is 0 Å². The van der Waals surface area contributed by atoms with Gasteiger partial charge in [-0.3, -0.25) is 4.72 Å². The lowest BCUT2D eigenvalue weighted by molar-refractivity contribution is 0.350. The van der Waals surface area contributed by atoms with Crippen molar-refractivity contribution in [3.63, 3.8) is 0 Å². The number of rotatable bonds is 3. The van der Waals surface area contributed by atoms with Gasteiger partial charge in [-0.25, -0.2) is 8.42 Å². The van der Waals surface area contributed by atoms with E-state index in [0.29, 0.717) is 5.69 Å². The molecule has 0 saturated heterocycles. The first-order chi connectivity index (χ1) is 8.12. The fourth-order valence-corrected chi connectivity index (χ4v) is 2.78. The highest BCUT2D eigenvalue weighted by molar-refractivity contribution is 7.93. The number of anilines is 1. The summed E-state index contributed by atoms with van der Waals surface area (Å²) in [7, 11) is -3.20. The molecule has 1 aromatic rings. The van der Waals surface area contributed by atoms with E-state index >= 15 is 0 Å². The first-order valence-corrected chi connectivity index (χ1v) is 6.88. The van der Waals surface area contributed by atoms with E-state index in [1.54, 1.807) is 24.3 Å². The SMILES string of the molecule is O=S(=O)(Nc1ccc(C#CCO)cc1)C1CC1. The van der Waals surface area contributed by atoms with E-state index in [1.807, 2.05) is 0 Å². The molecule has 4 nitrogen and oxygen atoms in total. The molecule has 2 N–H and O–H groups in total. The monoisotopic (exact) mass is 251 g/mol. The molecule has 2 rings (SSSR count). The maximum absolute atomic E-state index is 11.6. The minimum atomic E-state index is -3.20. The molecule has 0 bridgehead atoms. The van der Waals surface area contributed by atoms with Crippen molar-refractivity contribution in [2.45, 2.75) is 18.1 Å². The summed E-state index contributed by atoms with van der Waals surface area (Å²) in [5, 5.41) is 8.31. The van der Waals surface area contributed by atoms with Gasteiger partial charge in [-0.15, -0.1) is 0 Å². The summed E-state index contributed by atoms with van der Waals surface area (Å²) in [6.45, 7) is -0.184. The summed E-state index contributed by atoms with van der Waals surface area (Å²) in [5.41, 5.74) is 1.29. The van der Waals surface area contributed by atoms with Gasteiger partial charge >= 0.3 is 0 Å². The van der Waals surface area contributed by atoms with Crippen LogP contribution in [0.2, 0.25) is 0 Å². The van der Waals surface area contributed by atoms with Crippen LogP contribution in [-0.2, 0) is 10.0 Å². The summed E-state index contributed by atoms with van der Waals surface area (Å²) < 4.78 is 25.8. The van der Waals surface area contributed by atoms with Crippen LogP contribution in [-0.4, -0.2) is 25.4 Å². The summed E-state index contributed by atoms with van der Waals surface area (Å²) >= 11 is 0. The summed E-state index contributed by atoms with van der Waals surface area (Å²) in [6, 6.07) is 6.77. The molecule has 0 aliphatic heterocycles. The van der Waals surface area contributed by atoms with Crippen LogP contribution in [0.3, 0.4) is 0 Å². The van der Waals surface area contributed by atoms with Gasteiger partial charge < -0.3 is 5.11 Å². The highest BCUT2D eigenvalue weighted by Crippen LogP contribution is 2.29. The van der Waals surface area contributed by atoms with E-state index in [2.05, 4.69) is 16.6 Å². The zero-order valence-corrected chi connectivity index (χ0v) is 10.00. The number of aliphatic hydroxyl groups excluding tert-OH is 1. The molecular formula is C12H13NO3S. The first kappa shape index (κ1) is 12.0. The second kappa shape index (κ2) is 4.78. The Morgan fingerprint density at radius 1 is 1.29 bits per heavy atom. The Balaban J connectivity index is 2.08. The minimum absolute atomic E-state index is 0.184. The van der Waals surface area contributed by atoms with Crippen LogP contribution >= 0.6 is 0 Å². The number of nitrogens with one attached hydrogen (secondary N) is 1. The number of benzene rings is 1. The van der Waals surface area contributed by atoms with Crippen molar-refractivity contribution in [3.05, 3.63) is 29.8 Å². The maximum atomic E-state index is 11.6. The Morgan fingerprint density at radius 2 is 1.94 bits per heavy atom. The third kappa shape index (κ3) is 3.22. The molecule has 0 spiro atoms. The van der Waals surface area contributed by atoms with Gasteiger partial charge in [-0.1, -0.05) is 11.8 Å². The van der Waals surface area contributed by atoms with Gasteiger partial charge in [0, 0.05) is 11.3 Å². The molecule has 1 aliphatic rings. The number of aliphatic hydroxyl groups is 1. The van der Waals surface area contributed by atoms with Crippen LogP contribution in [0, 0.1) is 11.8 Å². The Hall–Kier alpha value is -1.51. The van der Waals surface area contributed by atoms with Gasteiger partial charge in [-0.05, 0) is 37.1 Å². The van der Waals surface area contributed by atoms with Gasteiger partial charge in [0.15, 0.2) is 0 Å². The molecule has 0 unspecified atom stereocenters. The third-order valence-corrected chi connectivity index (χ3v) is 4.29. The highest BCUT2D eigenvalue weighted by Gasteiger charge is 2.35. The molecule has 1 aromatic carbocycles. The Morgan fingerprint density at radius 3 is 2.47 bits per heavy atom. The van der Waals surface area contributed by atoms with E-state index < -0.39 is 10.0 Å². The topological polar surface area (TPSA) is 66.4 Å². The Labute approximate surface area is 101 Å². The molecular weight excluding hydrogens is 238 g/mol. The van der Waals surface area contributed by atoms with E-state index in [4.69, 9.17) is 5.11 Å². The van der Waals surface area contributed by atoms with Gasteiger partial charge in [0.2, 0.25) is 10.0 Å². The molecule has 0 heterocycles. The third-order valence-electron chi connectivity index (χ3n) is 2.42. The number of sulfonamides is 1. The van der Waals surface area contributed by atoms with E-state index in [9.17, 15) is 8.42 Å². The van der Waals surface area contributed by atoms with Crippen LogP contribution < -0.4 is 4.72 Å². The lowest BCUT2D eigenvalue weighted by atomic mass is 10.2. The molecule has 17 heavy (non-hydrogen) atoms. The van der Waals surface area contributed by atoms with E-state index in [-0.39, 0.29) is 11.9 Å². The number of hydrogen-bond donors (Lipinski definition) is 2. The fraction of sp³-hybridized carbons (Fsp3) is 0.333. The Kier molecular flexibility index (Phi) is 3.36. The molecule has 1 saturated carbocycles. The molecule has 1 fully saturated rings. The number of hydrogen-bond acceptors (Lipinski definition) is 3. The predicted octanol–water partition coefficient (Wildman–Crippen LogP) is 0.934. The largest absolute Gasteiger partial charge is 0.384 e. The molecule has 90 valence electrons. The summed E-state index contributed by atoms with van der Waals surface area (Å²) in [6.07, 6.45) is 1.49. The first-order valence-electron chi connectivity index (χ1n) is 5.33. The average molecular weight is 251 g/mol. The normalized spacial score (nSPS) is 14.9. The minimum Gasteiger partial charge on any atom is -0.384 e. The van der Waals surface area contributed by atoms with Crippen molar-refractivity contribution in [2.75, 3.05) is 11.3 Å². The quantitative estimate of drug-likeness (QED) is 0.785. The highest BCUT2D eigenvalue weighted by atomic mass is 32.2. The zero-order valence-electron chi connectivity index (χ0n) is 9.18.